The van der Waals surface area contributed by atoms with Gasteiger partial charge in [-0.25, -0.2) is 18.2 Å². The van der Waals surface area contributed by atoms with Gasteiger partial charge in [-0.3, -0.25) is 10.1 Å². The van der Waals surface area contributed by atoms with Crippen molar-refractivity contribution in [2.45, 2.75) is 31.7 Å². The molecule has 1 aliphatic rings. The maximum atomic E-state index is 13.2. The predicted molar refractivity (Wildman–Crippen MR) is 93.3 cm³/mol. The SMILES string of the molecule is Cc1nc(NC(=O)C2CC(F)(F)CN2)sc1Cc1ccc(F)cc1.Cl. The second-order valence-electron chi connectivity index (χ2n) is 5.81. The number of hydrogen-bond acceptors (Lipinski definition) is 4. The largest absolute Gasteiger partial charge is 0.301 e. The first kappa shape index (κ1) is 19.7. The molecule has 2 N–H and O–H groups in total. The van der Waals surface area contributed by atoms with E-state index in [4.69, 9.17) is 0 Å². The standard InChI is InChI=1S/C16H16F3N3OS.ClH/c1-9-13(6-10-2-4-11(17)5-3-10)24-15(21-9)22-14(23)12-7-16(18,19)8-20-12;/h2-5,12,20H,6-8H2,1H3,(H,21,22,23);1H. The van der Waals surface area contributed by atoms with Gasteiger partial charge in [0.25, 0.3) is 5.92 Å². The first-order chi connectivity index (χ1) is 11.3. The van der Waals surface area contributed by atoms with Crippen molar-refractivity contribution in [3.63, 3.8) is 0 Å². The third kappa shape index (κ3) is 4.93. The summed E-state index contributed by atoms with van der Waals surface area (Å²) in [7, 11) is 0. The normalized spacial score (nSPS) is 18.6. The average molecular weight is 392 g/mol. The van der Waals surface area contributed by atoms with Gasteiger partial charge in [0.1, 0.15) is 5.82 Å². The Kier molecular flexibility index (Phi) is 6.08. The molecule has 0 aliphatic carbocycles. The molecule has 9 heteroatoms. The number of aryl methyl sites for hydroxylation is 1. The Hall–Kier alpha value is -1.64. The predicted octanol–water partition coefficient (Wildman–Crippen LogP) is 3.54. The molecule has 1 fully saturated rings. The van der Waals surface area contributed by atoms with E-state index in [1.54, 1.807) is 12.1 Å². The Morgan fingerprint density at radius 2 is 2.08 bits per heavy atom. The van der Waals surface area contributed by atoms with Gasteiger partial charge in [0.2, 0.25) is 5.91 Å². The van der Waals surface area contributed by atoms with E-state index >= 15 is 0 Å². The molecule has 1 aromatic heterocycles. The van der Waals surface area contributed by atoms with E-state index in [-0.39, 0.29) is 18.2 Å². The maximum absolute atomic E-state index is 13.2. The summed E-state index contributed by atoms with van der Waals surface area (Å²) in [5, 5.41) is 5.48. The summed E-state index contributed by atoms with van der Waals surface area (Å²) < 4.78 is 39.2. The van der Waals surface area contributed by atoms with Gasteiger partial charge in [0.05, 0.1) is 18.3 Å². The fourth-order valence-electron chi connectivity index (χ4n) is 2.53. The van der Waals surface area contributed by atoms with Gasteiger partial charge in [-0.15, -0.1) is 23.7 Å². The zero-order valence-electron chi connectivity index (χ0n) is 13.3. The highest BCUT2D eigenvalue weighted by Gasteiger charge is 2.42. The molecule has 0 saturated carbocycles. The second-order valence-corrected chi connectivity index (χ2v) is 6.90. The summed E-state index contributed by atoms with van der Waals surface area (Å²) >= 11 is 1.29. The number of anilines is 1. The molecule has 0 spiro atoms. The minimum Gasteiger partial charge on any atom is -0.301 e. The molecule has 1 unspecified atom stereocenters. The summed E-state index contributed by atoms with van der Waals surface area (Å²) in [6.45, 7) is 1.32. The smallest absolute Gasteiger partial charge is 0.262 e. The molecule has 1 atom stereocenters. The zero-order valence-corrected chi connectivity index (χ0v) is 14.9. The Morgan fingerprint density at radius 1 is 1.40 bits per heavy atom. The summed E-state index contributed by atoms with van der Waals surface area (Å²) in [5.41, 5.74) is 1.68. The van der Waals surface area contributed by atoms with Gasteiger partial charge in [0, 0.05) is 17.7 Å². The molecule has 3 rings (SSSR count). The minimum atomic E-state index is -2.85. The number of aromatic nitrogens is 1. The molecule has 4 nitrogen and oxygen atoms in total. The Bertz CT molecular complexity index is 752. The lowest BCUT2D eigenvalue weighted by molar-refractivity contribution is -0.118. The van der Waals surface area contributed by atoms with Gasteiger partial charge < -0.3 is 5.32 Å². The first-order valence-electron chi connectivity index (χ1n) is 7.45. The van der Waals surface area contributed by atoms with Crippen LogP contribution in [0, 0.1) is 12.7 Å². The summed E-state index contributed by atoms with van der Waals surface area (Å²) in [5.74, 6) is -3.66. The minimum absolute atomic E-state index is 0. The van der Waals surface area contributed by atoms with Crippen molar-refractivity contribution < 1.29 is 18.0 Å². The molecule has 1 aromatic carbocycles. The van der Waals surface area contributed by atoms with Crippen LogP contribution in [0.5, 0.6) is 0 Å². The summed E-state index contributed by atoms with van der Waals surface area (Å²) in [6.07, 6.45) is 0.0605. The van der Waals surface area contributed by atoms with E-state index in [2.05, 4.69) is 15.6 Å². The highest BCUT2D eigenvalue weighted by molar-refractivity contribution is 7.15. The van der Waals surface area contributed by atoms with Crippen molar-refractivity contribution in [1.82, 2.24) is 10.3 Å². The van der Waals surface area contributed by atoms with E-state index in [1.165, 1.54) is 23.5 Å². The van der Waals surface area contributed by atoms with Crippen LogP contribution in [0.15, 0.2) is 24.3 Å². The topological polar surface area (TPSA) is 54.0 Å². The van der Waals surface area contributed by atoms with Crippen LogP contribution in [0.3, 0.4) is 0 Å². The molecule has 1 aliphatic heterocycles. The average Bonchev–Trinajstić information content (AvgIpc) is 3.04. The second kappa shape index (κ2) is 7.72. The van der Waals surface area contributed by atoms with E-state index in [9.17, 15) is 18.0 Å². The van der Waals surface area contributed by atoms with Crippen LogP contribution in [0.2, 0.25) is 0 Å². The third-order valence-corrected chi connectivity index (χ3v) is 4.90. The van der Waals surface area contributed by atoms with Crippen LogP contribution in [0.4, 0.5) is 18.3 Å². The lowest BCUT2D eigenvalue weighted by Crippen LogP contribution is -2.35. The Balaban J connectivity index is 0.00000225. The van der Waals surface area contributed by atoms with Crippen LogP contribution in [0.25, 0.3) is 0 Å². The van der Waals surface area contributed by atoms with E-state index in [0.717, 1.165) is 16.1 Å². The number of benzene rings is 1. The van der Waals surface area contributed by atoms with Crippen molar-refractivity contribution in [3.05, 3.63) is 46.2 Å². The van der Waals surface area contributed by atoms with Gasteiger partial charge in [-0.05, 0) is 24.6 Å². The van der Waals surface area contributed by atoms with Crippen molar-refractivity contribution in [3.8, 4) is 0 Å². The number of thiazole rings is 1. The molecule has 0 bridgehead atoms. The monoisotopic (exact) mass is 391 g/mol. The third-order valence-electron chi connectivity index (χ3n) is 3.83. The molecular formula is C16H17ClF3N3OS. The fraction of sp³-hybridized carbons (Fsp3) is 0.375. The zero-order chi connectivity index (χ0) is 17.3. The Morgan fingerprint density at radius 3 is 2.68 bits per heavy atom. The first-order valence-corrected chi connectivity index (χ1v) is 8.27. The quantitative estimate of drug-likeness (QED) is 0.838. The fourth-order valence-corrected chi connectivity index (χ4v) is 3.53. The number of carbonyl (C=O) groups is 1. The van der Waals surface area contributed by atoms with Gasteiger partial charge in [-0.2, -0.15) is 0 Å². The molecular weight excluding hydrogens is 375 g/mol. The van der Waals surface area contributed by atoms with Crippen molar-refractivity contribution in [2.75, 3.05) is 11.9 Å². The molecule has 2 aromatic rings. The molecule has 2 heterocycles. The van der Waals surface area contributed by atoms with Crippen LogP contribution < -0.4 is 10.6 Å². The van der Waals surface area contributed by atoms with Gasteiger partial charge in [-0.1, -0.05) is 12.1 Å². The number of rotatable bonds is 4. The van der Waals surface area contributed by atoms with E-state index in [1.807, 2.05) is 6.92 Å². The number of nitrogens with one attached hydrogen (secondary N) is 2. The number of hydrogen-bond donors (Lipinski definition) is 2. The number of nitrogens with zero attached hydrogens (tertiary/aromatic N) is 1. The van der Waals surface area contributed by atoms with Crippen molar-refractivity contribution in [2.24, 2.45) is 0 Å². The lowest BCUT2D eigenvalue weighted by atomic mass is 10.1. The molecule has 1 saturated heterocycles. The summed E-state index contributed by atoms with van der Waals surface area (Å²) in [4.78, 5) is 17.2. The lowest BCUT2D eigenvalue weighted by Gasteiger charge is -2.08. The van der Waals surface area contributed by atoms with Gasteiger partial charge in [0.15, 0.2) is 5.13 Å². The van der Waals surface area contributed by atoms with Crippen molar-refractivity contribution >= 4 is 34.8 Å². The van der Waals surface area contributed by atoms with Crippen molar-refractivity contribution in [1.29, 1.82) is 0 Å². The van der Waals surface area contributed by atoms with Crippen LogP contribution >= 0.6 is 23.7 Å². The molecule has 136 valence electrons. The number of carbonyl (C=O) groups excluding carboxylic acids is 1. The number of halogens is 4. The highest BCUT2D eigenvalue weighted by Crippen LogP contribution is 2.28. The summed E-state index contributed by atoms with van der Waals surface area (Å²) in [6, 6.07) is 5.25. The Labute approximate surface area is 153 Å². The van der Waals surface area contributed by atoms with Gasteiger partial charge >= 0.3 is 0 Å². The maximum Gasteiger partial charge on any atom is 0.262 e. The van der Waals surface area contributed by atoms with E-state index < -0.39 is 30.8 Å². The molecule has 0 radical (unpaired) electrons. The number of alkyl halides is 2. The van der Waals surface area contributed by atoms with E-state index in [0.29, 0.717) is 11.6 Å². The van der Waals surface area contributed by atoms with Crippen LogP contribution in [0.1, 0.15) is 22.6 Å². The number of amides is 1. The highest BCUT2D eigenvalue weighted by atomic mass is 35.5. The molecule has 1 amide bonds. The van der Waals surface area contributed by atoms with Crippen LogP contribution in [-0.2, 0) is 11.2 Å². The molecule has 25 heavy (non-hydrogen) atoms. The van der Waals surface area contributed by atoms with Crippen LogP contribution in [-0.4, -0.2) is 29.4 Å².